The zero-order valence-electron chi connectivity index (χ0n) is 11.6. The molecule has 0 aliphatic heterocycles. The lowest BCUT2D eigenvalue weighted by Crippen LogP contribution is -2.13. The van der Waals surface area contributed by atoms with Crippen LogP contribution < -0.4 is 5.32 Å². The summed E-state index contributed by atoms with van der Waals surface area (Å²) in [6.07, 6.45) is 1.59. The largest absolute Gasteiger partial charge is 0.321 e. The van der Waals surface area contributed by atoms with Crippen LogP contribution in [0.2, 0.25) is 0 Å². The molecule has 4 heteroatoms. The molecule has 0 saturated carbocycles. The molecule has 0 saturated heterocycles. The van der Waals surface area contributed by atoms with E-state index in [0.29, 0.717) is 5.69 Å². The Morgan fingerprint density at radius 1 is 1.14 bits per heavy atom. The molecule has 3 nitrogen and oxygen atoms in total. The predicted octanol–water partition coefficient (Wildman–Crippen LogP) is 4.45. The molecule has 1 N–H and O–H groups in total. The number of hydrogen-bond donors (Lipinski definition) is 1. The van der Waals surface area contributed by atoms with E-state index in [9.17, 15) is 10.1 Å². The van der Waals surface area contributed by atoms with E-state index in [1.165, 1.54) is 11.3 Å². The lowest BCUT2D eigenvalue weighted by atomic mass is 10.1. The second kappa shape index (κ2) is 6.25. The van der Waals surface area contributed by atoms with E-state index >= 15 is 0 Å². The molecule has 2 aromatic carbocycles. The molecule has 22 heavy (non-hydrogen) atoms. The van der Waals surface area contributed by atoms with Crippen LogP contribution in [0.15, 0.2) is 64.9 Å². The smallest absolute Gasteiger partial charge is 0.266 e. The third-order valence-electron chi connectivity index (χ3n) is 3.26. The van der Waals surface area contributed by atoms with Crippen LogP contribution in [0.1, 0.15) is 5.56 Å². The van der Waals surface area contributed by atoms with E-state index in [4.69, 9.17) is 0 Å². The fourth-order valence-corrected chi connectivity index (χ4v) is 2.81. The minimum absolute atomic E-state index is 0.0892. The third kappa shape index (κ3) is 2.90. The number of carbonyl (C=O) groups is 1. The number of hydrogen-bond acceptors (Lipinski definition) is 3. The first-order chi connectivity index (χ1) is 10.8. The van der Waals surface area contributed by atoms with Gasteiger partial charge in [0.25, 0.3) is 5.91 Å². The van der Waals surface area contributed by atoms with Crippen LogP contribution in [0.3, 0.4) is 0 Å². The van der Waals surface area contributed by atoms with Crippen LogP contribution in [0.4, 0.5) is 5.69 Å². The molecule has 0 unspecified atom stereocenters. The number of thiophene rings is 1. The van der Waals surface area contributed by atoms with Gasteiger partial charge in [0.15, 0.2) is 0 Å². The minimum Gasteiger partial charge on any atom is -0.321 e. The number of nitrogens with zero attached hydrogens (tertiary/aromatic N) is 1. The number of nitriles is 1. The van der Waals surface area contributed by atoms with E-state index < -0.39 is 5.91 Å². The standard InChI is InChI=1S/C18H12N2OS/c19-11-15(10-13-8-9-22-12-13)18(21)20-17-7-3-5-14-4-1-2-6-16(14)17/h1-10,12H,(H,20,21). The van der Waals surface area contributed by atoms with Crippen molar-refractivity contribution in [1.29, 1.82) is 5.26 Å². The topological polar surface area (TPSA) is 52.9 Å². The molecular formula is C18H12N2OS. The Morgan fingerprint density at radius 3 is 2.73 bits per heavy atom. The number of amides is 1. The summed E-state index contributed by atoms with van der Waals surface area (Å²) in [6.45, 7) is 0. The Kier molecular flexibility index (Phi) is 3.99. The van der Waals surface area contributed by atoms with Crippen molar-refractivity contribution in [2.45, 2.75) is 0 Å². The highest BCUT2D eigenvalue weighted by atomic mass is 32.1. The molecule has 0 aliphatic carbocycles. The number of rotatable bonds is 3. The van der Waals surface area contributed by atoms with Gasteiger partial charge in [-0.1, -0.05) is 36.4 Å². The van der Waals surface area contributed by atoms with E-state index in [1.807, 2.05) is 65.4 Å². The molecule has 0 spiro atoms. The number of nitrogens with one attached hydrogen (secondary N) is 1. The maximum atomic E-state index is 12.3. The Hall–Kier alpha value is -2.90. The molecule has 0 radical (unpaired) electrons. The van der Waals surface area contributed by atoms with Gasteiger partial charge in [0, 0.05) is 11.1 Å². The van der Waals surface area contributed by atoms with Crippen LogP contribution in [-0.4, -0.2) is 5.91 Å². The van der Waals surface area contributed by atoms with Crippen LogP contribution in [0, 0.1) is 11.3 Å². The minimum atomic E-state index is -0.398. The van der Waals surface area contributed by atoms with Crippen molar-refractivity contribution in [3.63, 3.8) is 0 Å². The fourth-order valence-electron chi connectivity index (χ4n) is 2.20. The van der Waals surface area contributed by atoms with Gasteiger partial charge in [0.2, 0.25) is 0 Å². The molecule has 1 heterocycles. The zero-order chi connectivity index (χ0) is 15.4. The van der Waals surface area contributed by atoms with E-state index in [2.05, 4.69) is 5.32 Å². The molecule has 3 rings (SSSR count). The average molecular weight is 304 g/mol. The Labute approximate surface area is 132 Å². The first-order valence-electron chi connectivity index (χ1n) is 6.71. The summed E-state index contributed by atoms with van der Waals surface area (Å²) in [4.78, 5) is 12.3. The van der Waals surface area contributed by atoms with Gasteiger partial charge in [-0.15, -0.1) is 0 Å². The van der Waals surface area contributed by atoms with Crippen molar-refractivity contribution < 1.29 is 4.79 Å². The summed E-state index contributed by atoms with van der Waals surface area (Å²) in [5.41, 5.74) is 1.65. The molecule has 1 aromatic heterocycles. The first-order valence-corrected chi connectivity index (χ1v) is 7.65. The monoisotopic (exact) mass is 304 g/mol. The molecule has 1 amide bonds. The number of carbonyl (C=O) groups excluding carboxylic acids is 1. The Balaban J connectivity index is 1.91. The van der Waals surface area contributed by atoms with Crippen LogP contribution >= 0.6 is 11.3 Å². The van der Waals surface area contributed by atoms with Gasteiger partial charge < -0.3 is 5.32 Å². The Bertz CT molecular complexity index is 884. The quantitative estimate of drug-likeness (QED) is 0.574. The maximum absolute atomic E-state index is 12.3. The highest BCUT2D eigenvalue weighted by Gasteiger charge is 2.11. The van der Waals surface area contributed by atoms with E-state index in [0.717, 1.165) is 16.3 Å². The first kappa shape index (κ1) is 14.1. The normalized spacial score (nSPS) is 11.1. The van der Waals surface area contributed by atoms with Gasteiger partial charge in [-0.2, -0.15) is 16.6 Å². The lowest BCUT2D eigenvalue weighted by Gasteiger charge is -2.08. The highest BCUT2D eigenvalue weighted by Crippen LogP contribution is 2.23. The molecule has 0 atom stereocenters. The number of anilines is 1. The van der Waals surface area contributed by atoms with E-state index in [1.54, 1.807) is 6.08 Å². The van der Waals surface area contributed by atoms with Crippen molar-refractivity contribution in [3.05, 3.63) is 70.4 Å². The van der Waals surface area contributed by atoms with Crippen molar-refractivity contribution >= 4 is 39.8 Å². The summed E-state index contributed by atoms with van der Waals surface area (Å²) in [6, 6.07) is 17.3. The fraction of sp³-hybridized carbons (Fsp3) is 0. The van der Waals surface area contributed by atoms with Gasteiger partial charge in [0.05, 0.1) is 0 Å². The van der Waals surface area contributed by atoms with Crippen molar-refractivity contribution in [2.24, 2.45) is 0 Å². The molecule has 106 valence electrons. The van der Waals surface area contributed by atoms with Gasteiger partial charge >= 0.3 is 0 Å². The summed E-state index contributed by atoms with van der Waals surface area (Å²) in [7, 11) is 0. The summed E-state index contributed by atoms with van der Waals surface area (Å²) < 4.78 is 0. The summed E-state index contributed by atoms with van der Waals surface area (Å²) in [5.74, 6) is -0.398. The van der Waals surface area contributed by atoms with Crippen molar-refractivity contribution in [1.82, 2.24) is 0 Å². The number of benzene rings is 2. The molecule has 0 fully saturated rings. The molecular weight excluding hydrogens is 292 g/mol. The summed E-state index contributed by atoms with van der Waals surface area (Å²) >= 11 is 1.52. The highest BCUT2D eigenvalue weighted by molar-refractivity contribution is 7.08. The van der Waals surface area contributed by atoms with Crippen molar-refractivity contribution in [3.8, 4) is 6.07 Å². The maximum Gasteiger partial charge on any atom is 0.266 e. The second-order valence-electron chi connectivity index (χ2n) is 4.71. The average Bonchev–Trinajstić information content (AvgIpc) is 3.06. The van der Waals surface area contributed by atoms with Gasteiger partial charge in [0.1, 0.15) is 11.6 Å². The summed E-state index contributed by atoms with van der Waals surface area (Å²) in [5, 5.41) is 17.8. The van der Waals surface area contributed by atoms with Crippen LogP contribution in [-0.2, 0) is 4.79 Å². The predicted molar refractivity (Wildman–Crippen MR) is 90.5 cm³/mol. The molecule has 0 aliphatic rings. The van der Waals surface area contributed by atoms with Crippen LogP contribution in [0.25, 0.3) is 16.8 Å². The second-order valence-corrected chi connectivity index (χ2v) is 5.49. The SMILES string of the molecule is N#CC(=Cc1ccsc1)C(=O)Nc1cccc2ccccc12. The third-order valence-corrected chi connectivity index (χ3v) is 3.96. The van der Waals surface area contributed by atoms with E-state index in [-0.39, 0.29) is 5.57 Å². The van der Waals surface area contributed by atoms with Gasteiger partial charge in [-0.05, 0) is 39.9 Å². The zero-order valence-corrected chi connectivity index (χ0v) is 12.4. The van der Waals surface area contributed by atoms with Gasteiger partial charge in [-0.3, -0.25) is 4.79 Å². The Morgan fingerprint density at radius 2 is 1.95 bits per heavy atom. The van der Waals surface area contributed by atoms with Crippen LogP contribution in [0.5, 0.6) is 0 Å². The van der Waals surface area contributed by atoms with Crippen molar-refractivity contribution in [2.75, 3.05) is 5.32 Å². The molecule has 3 aromatic rings. The lowest BCUT2D eigenvalue weighted by molar-refractivity contribution is -0.112. The molecule has 0 bridgehead atoms. The van der Waals surface area contributed by atoms with Gasteiger partial charge in [-0.25, -0.2) is 0 Å². The number of fused-ring (bicyclic) bond motifs is 1.